The van der Waals surface area contributed by atoms with Gasteiger partial charge in [-0.1, -0.05) is 48.8 Å². The van der Waals surface area contributed by atoms with Crippen molar-refractivity contribution >= 4 is 37.5 Å². The van der Waals surface area contributed by atoms with Crippen LogP contribution < -0.4 is 5.56 Å². The van der Waals surface area contributed by atoms with Gasteiger partial charge in [0.15, 0.2) is 0 Å². The highest BCUT2D eigenvalue weighted by Gasteiger charge is 2.19. The standard InChI is InChI=1S/C21H26BrN3OS/c1-5-17-18(15-8-10-16(22)11-9-15)19-20(27-17)23-14(4)25(21(19)26)13-12-24(6-2)7-3/h8-11H,5-7,12-13H2,1-4H3. The predicted molar refractivity (Wildman–Crippen MR) is 119 cm³/mol. The van der Waals surface area contributed by atoms with Gasteiger partial charge in [-0.25, -0.2) is 4.98 Å². The Hall–Kier alpha value is -1.50. The first-order valence-corrected chi connectivity index (χ1v) is 11.1. The minimum absolute atomic E-state index is 0.0820. The first kappa shape index (κ1) is 20.2. The number of hydrogen-bond donors (Lipinski definition) is 0. The van der Waals surface area contributed by atoms with Crippen molar-refractivity contribution in [1.29, 1.82) is 0 Å². The molecule has 0 atom stereocenters. The Balaban J connectivity index is 2.16. The van der Waals surface area contributed by atoms with Crippen molar-refractivity contribution in [2.24, 2.45) is 0 Å². The van der Waals surface area contributed by atoms with Crippen molar-refractivity contribution in [2.45, 2.75) is 40.7 Å². The minimum Gasteiger partial charge on any atom is -0.302 e. The fourth-order valence-electron chi connectivity index (χ4n) is 3.45. The van der Waals surface area contributed by atoms with Gasteiger partial charge in [-0.3, -0.25) is 9.36 Å². The summed E-state index contributed by atoms with van der Waals surface area (Å²) in [4.78, 5) is 22.6. The van der Waals surface area contributed by atoms with E-state index in [2.05, 4.69) is 53.7 Å². The maximum atomic E-state index is 13.4. The number of nitrogens with zero attached hydrogens (tertiary/aromatic N) is 3. The van der Waals surface area contributed by atoms with Gasteiger partial charge in [-0.15, -0.1) is 11.3 Å². The Labute approximate surface area is 173 Å². The lowest BCUT2D eigenvalue weighted by Gasteiger charge is -2.19. The molecule has 2 aromatic heterocycles. The van der Waals surface area contributed by atoms with E-state index in [1.165, 1.54) is 4.88 Å². The summed E-state index contributed by atoms with van der Waals surface area (Å²) in [5.74, 6) is 0.797. The molecule has 1 aromatic carbocycles. The van der Waals surface area contributed by atoms with E-state index in [1.807, 2.05) is 23.6 Å². The first-order valence-electron chi connectivity index (χ1n) is 9.51. The molecule has 0 aliphatic heterocycles. The molecule has 0 bridgehead atoms. The third kappa shape index (κ3) is 4.03. The van der Waals surface area contributed by atoms with E-state index in [-0.39, 0.29) is 5.56 Å². The number of hydrogen-bond acceptors (Lipinski definition) is 4. The molecule has 0 radical (unpaired) electrons. The Morgan fingerprint density at radius 1 is 1.15 bits per heavy atom. The highest BCUT2D eigenvalue weighted by Crippen LogP contribution is 2.37. The topological polar surface area (TPSA) is 38.1 Å². The zero-order chi connectivity index (χ0) is 19.6. The molecule has 0 N–H and O–H groups in total. The summed E-state index contributed by atoms with van der Waals surface area (Å²) in [5, 5.41) is 0.768. The first-order chi connectivity index (χ1) is 13.0. The lowest BCUT2D eigenvalue weighted by molar-refractivity contribution is 0.288. The zero-order valence-corrected chi connectivity index (χ0v) is 18.8. The fourth-order valence-corrected chi connectivity index (χ4v) is 4.88. The van der Waals surface area contributed by atoms with Gasteiger partial charge in [0.2, 0.25) is 0 Å². The van der Waals surface area contributed by atoms with Crippen LogP contribution in [0.3, 0.4) is 0 Å². The largest absolute Gasteiger partial charge is 0.302 e. The highest BCUT2D eigenvalue weighted by atomic mass is 79.9. The van der Waals surface area contributed by atoms with Gasteiger partial charge in [-0.05, 0) is 44.1 Å². The summed E-state index contributed by atoms with van der Waals surface area (Å²) in [6.45, 7) is 11.9. The van der Waals surface area contributed by atoms with Gasteiger partial charge < -0.3 is 4.90 Å². The van der Waals surface area contributed by atoms with Crippen molar-refractivity contribution in [1.82, 2.24) is 14.5 Å². The van der Waals surface area contributed by atoms with E-state index in [4.69, 9.17) is 4.98 Å². The maximum Gasteiger partial charge on any atom is 0.262 e. The molecule has 4 nitrogen and oxygen atoms in total. The molecule has 0 saturated heterocycles. The Morgan fingerprint density at radius 2 is 1.81 bits per heavy atom. The van der Waals surface area contributed by atoms with E-state index in [1.54, 1.807) is 11.3 Å². The van der Waals surface area contributed by atoms with Gasteiger partial charge in [0.25, 0.3) is 5.56 Å². The number of rotatable bonds is 7. The molecule has 0 amide bonds. The van der Waals surface area contributed by atoms with Crippen LogP contribution in [-0.4, -0.2) is 34.1 Å². The van der Waals surface area contributed by atoms with E-state index < -0.39 is 0 Å². The molecule has 2 heterocycles. The van der Waals surface area contributed by atoms with E-state index in [0.29, 0.717) is 6.54 Å². The van der Waals surface area contributed by atoms with E-state index in [0.717, 1.165) is 57.7 Å². The quantitative estimate of drug-likeness (QED) is 0.505. The van der Waals surface area contributed by atoms with Crippen molar-refractivity contribution in [3.05, 3.63) is 49.8 Å². The summed E-state index contributed by atoms with van der Waals surface area (Å²) in [6, 6.07) is 8.20. The number of thiophene rings is 1. The van der Waals surface area contributed by atoms with Gasteiger partial charge in [0, 0.05) is 28.0 Å². The molecular weight excluding hydrogens is 422 g/mol. The van der Waals surface area contributed by atoms with Crippen molar-refractivity contribution in [3.8, 4) is 11.1 Å². The van der Waals surface area contributed by atoms with Gasteiger partial charge in [-0.2, -0.15) is 0 Å². The van der Waals surface area contributed by atoms with Crippen molar-refractivity contribution in [3.63, 3.8) is 0 Å². The van der Waals surface area contributed by atoms with E-state index in [9.17, 15) is 4.79 Å². The fraction of sp³-hybridized carbons (Fsp3) is 0.429. The van der Waals surface area contributed by atoms with Crippen LogP contribution in [0.5, 0.6) is 0 Å². The van der Waals surface area contributed by atoms with Gasteiger partial charge in [0.1, 0.15) is 10.7 Å². The van der Waals surface area contributed by atoms with Crippen LogP contribution in [0.4, 0.5) is 0 Å². The molecule has 0 spiro atoms. The summed E-state index contributed by atoms with van der Waals surface area (Å²) in [7, 11) is 0. The smallest absolute Gasteiger partial charge is 0.262 e. The maximum absolute atomic E-state index is 13.4. The summed E-state index contributed by atoms with van der Waals surface area (Å²) in [6.07, 6.45) is 0.893. The number of aryl methyl sites for hydroxylation is 2. The molecule has 27 heavy (non-hydrogen) atoms. The highest BCUT2D eigenvalue weighted by molar-refractivity contribution is 9.10. The van der Waals surface area contributed by atoms with Gasteiger partial charge >= 0.3 is 0 Å². The number of halogens is 1. The Morgan fingerprint density at radius 3 is 2.41 bits per heavy atom. The molecule has 6 heteroatoms. The summed E-state index contributed by atoms with van der Waals surface area (Å²) >= 11 is 5.14. The number of benzene rings is 1. The molecule has 144 valence electrons. The van der Waals surface area contributed by atoms with Crippen LogP contribution in [0.2, 0.25) is 0 Å². The molecule has 0 fully saturated rings. The second-order valence-electron chi connectivity index (χ2n) is 6.58. The van der Waals surface area contributed by atoms with Crippen molar-refractivity contribution < 1.29 is 0 Å². The number of likely N-dealkylation sites (N-methyl/N-ethyl adjacent to an activating group) is 1. The predicted octanol–water partition coefficient (Wildman–Crippen LogP) is 5.10. The van der Waals surface area contributed by atoms with Crippen LogP contribution >= 0.6 is 27.3 Å². The molecule has 0 aliphatic rings. The average Bonchev–Trinajstić information content (AvgIpc) is 3.03. The third-order valence-electron chi connectivity index (χ3n) is 5.06. The molecular formula is C21H26BrN3OS. The summed E-state index contributed by atoms with van der Waals surface area (Å²) < 4.78 is 2.88. The molecule has 3 aromatic rings. The SMILES string of the molecule is CCc1sc2nc(C)n(CCN(CC)CC)c(=O)c2c1-c1ccc(Br)cc1. The van der Waals surface area contributed by atoms with Crippen LogP contribution in [0.25, 0.3) is 21.3 Å². The Bertz CT molecular complexity index is 987. The van der Waals surface area contributed by atoms with Crippen LogP contribution in [-0.2, 0) is 13.0 Å². The van der Waals surface area contributed by atoms with Crippen LogP contribution in [0.1, 0.15) is 31.5 Å². The van der Waals surface area contributed by atoms with Crippen LogP contribution in [0, 0.1) is 6.92 Å². The summed E-state index contributed by atoms with van der Waals surface area (Å²) in [5.41, 5.74) is 2.22. The van der Waals surface area contributed by atoms with Crippen LogP contribution in [0.15, 0.2) is 33.5 Å². The molecule has 0 unspecified atom stereocenters. The second-order valence-corrected chi connectivity index (χ2v) is 8.58. The third-order valence-corrected chi connectivity index (χ3v) is 6.82. The minimum atomic E-state index is 0.0820. The molecule has 0 aliphatic carbocycles. The van der Waals surface area contributed by atoms with Crippen molar-refractivity contribution in [2.75, 3.05) is 19.6 Å². The second kappa shape index (κ2) is 8.67. The van der Waals surface area contributed by atoms with E-state index >= 15 is 0 Å². The Kier molecular flexibility index (Phi) is 6.50. The molecule has 0 saturated carbocycles. The molecule has 3 rings (SSSR count). The zero-order valence-electron chi connectivity index (χ0n) is 16.4. The lowest BCUT2D eigenvalue weighted by atomic mass is 10.0. The average molecular weight is 448 g/mol. The number of fused-ring (bicyclic) bond motifs is 1. The number of aromatic nitrogens is 2. The monoisotopic (exact) mass is 447 g/mol. The normalized spacial score (nSPS) is 11.6. The lowest BCUT2D eigenvalue weighted by Crippen LogP contribution is -2.32. The van der Waals surface area contributed by atoms with Gasteiger partial charge in [0.05, 0.1) is 5.39 Å².